The molecule has 104 valence electrons. The molecule has 2 rings (SSSR count). The summed E-state index contributed by atoms with van der Waals surface area (Å²) < 4.78 is 12.9. The van der Waals surface area contributed by atoms with Crippen LogP contribution in [0.4, 0.5) is 11.4 Å². The van der Waals surface area contributed by atoms with Crippen molar-refractivity contribution in [3.63, 3.8) is 0 Å². The highest BCUT2D eigenvalue weighted by molar-refractivity contribution is 9.10. The average Bonchev–Trinajstić information content (AvgIpc) is 2.41. The molecule has 20 heavy (non-hydrogen) atoms. The highest BCUT2D eigenvalue weighted by Gasteiger charge is 2.18. The van der Waals surface area contributed by atoms with E-state index in [0.717, 1.165) is 0 Å². The fourth-order valence-corrected chi connectivity index (χ4v) is 3.21. The number of nitrogens with two attached hydrogens (primary N) is 1. The number of nitrogens with zero attached hydrogens (tertiary/aromatic N) is 2. The molecule has 0 spiro atoms. The highest BCUT2D eigenvalue weighted by Crippen LogP contribution is 2.26. The molecular weight excluding hydrogens is 346 g/mol. The van der Waals surface area contributed by atoms with Crippen molar-refractivity contribution in [2.24, 2.45) is 0 Å². The van der Waals surface area contributed by atoms with Gasteiger partial charge < -0.3 is 5.73 Å². The average molecular weight is 356 g/mol. The van der Waals surface area contributed by atoms with Gasteiger partial charge in [-0.1, -0.05) is 22.0 Å². The molecule has 2 aromatic rings. The predicted molar refractivity (Wildman–Crippen MR) is 79.6 cm³/mol. The van der Waals surface area contributed by atoms with E-state index in [1.807, 2.05) is 0 Å². The van der Waals surface area contributed by atoms with Gasteiger partial charge in [-0.3, -0.25) is 19.3 Å². The van der Waals surface area contributed by atoms with Crippen LogP contribution < -0.4 is 5.73 Å². The van der Waals surface area contributed by atoms with E-state index in [2.05, 4.69) is 20.9 Å². The number of rotatable bonds is 4. The lowest BCUT2D eigenvalue weighted by molar-refractivity contribution is -0.385. The Bertz CT molecular complexity index is 693. The van der Waals surface area contributed by atoms with Gasteiger partial charge in [0.05, 0.1) is 38.3 Å². The Balaban J connectivity index is 2.33. The van der Waals surface area contributed by atoms with E-state index in [4.69, 9.17) is 5.73 Å². The van der Waals surface area contributed by atoms with Gasteiger partial charge in [0.25, 0.3) is 5.69 Å². The first-order valence-corrected chi connectivity index (χ1v) is 7.61. The molecule has 0 bridgehead atoms. The van der Waals surface area contributed by atoms with Crippen molar-refractivity contribution in [1.82, 2.24) is 4.98 Å². The second-order valence-corrected chi connectivity index (χ2v) is 6.27. The number of nitro benzene ring substituents is 1. The van der Waals surface area contributed by atoms with Gasteiger partial charge in [0.2, 0.25) is 0 Å². The summed E-state index contributed by atoms with van der Waals surface area (Å²) in [6.07, 6.45) is 2.89. The summed E-state index contributed by atoms with van der Waals surface area (Å²) >= 11 is 3.18. The van der Waals surface area contributed by atoms with Crippen molar-refractivity contribution < 1.29 is 9.13 Å². The maximum Gasteiger partial charge on any atom is 0.274 e. The lowest BCUT2D eigenvalue weighted by Crippen LogP contribution is -2.03. The summed E-state index contributed by atoms with van der Waals surface area (Å²) in [6.45, 7) is 0. The largest absolute Gasteiger partial charge is 0.396 e. The number of benzene rings is 1. The fourth-order valence-electron chi connectivity index (χ4n) is 1.65. The summed E-state index contributed by atoms with van der Waals surface area (Å²) in [5, 5.41) is 11.0. The number of nitro groups is 1. The zero-order valence-corrected chi connectivity index (χ0v) is 12.6. The van der Waals surface area contributed by atoms with E-state index in [1.54, 1.807) is 18.2 Å². The van der Waals surface area contributed by atoms with Gasteiger partial charge in [0.1, 0.15) is 0 Å². The van der Waals surface area contributed by atoms with Gasteiger partial charge in [-0.15, -0.1) is 0 Å². The van der Waals surface area contributed by atoms with Gasteiger partial charge in [-0.2, -0.15) is 0 Å². The van der Waals surface area contributed by atoms with Gasteiger partial charge in [-0.05, 0) is 12.1 Å². The Morgan fingerprint density at radius 3 is 2.80 bits per heavy atom. The molecule has 0 aliphatic rings. The molecule has 6 nitrogen and oxygen atoms in total. The van der Waals surface area contributed by atoms with Crippen molar-refractivity contribution in [2.75, 3.05) is 5.73 Å². The minimum atomic E-state index is -1.46. The molecular formula is C12H10BrN3O3S. The van der Waals surface area contributed by atoms with Crippen LogP contribution in [-0.4, -0.2) is 14.1 Å². The lowest BCUT2D eigenvalue weighted by atomic mass is 10.2. The number of hydrogen-bond acceptors (Lipinski definition) is 5. The molecule has 0 amide bonds. The molecule has 0 aliphatic carbocycles. The summed E-state index contributed by atoms with van der Waals surface area (Å²) in [5.74, 6) is 0.0256. The first-order chi connectivity index (χ1) is 9.49. The molecule has 0 saturated heterocycles. The monoisotopic (exact) mass is 355 g/mol. The van der Waals surface area contributed by atoms with E-state index in [0.29, 0.717) is 20.6 Å². The van der Waals surface area contributed by atoms with Crippen LogP contribution in [0, 0.1) is 10.1 Å². The normalized spacial score (nSPS) is 12.1. The van der Waals surface area contributed by atoms with Crippen molar-refractivity contribution in [3.05, 3.63) is 56.8 Å². The topological polar surface area (TPSA) is 99.1 Å². The minimum absolute atomic E-state index is 0.0256. The quantitative estimate of drug-likeness (QED) is 0.671. The van der Waals surface area contributed by atoms with Crippen molar-refractivity contribution in [2.45, 2.75) is 10.6 Å². The summed E-state index contributed by atoms with van der Waals surface area (Å²) in [4.78, 5) is 14.8. The van der Waals surface area contributed by atoms with E-state index in [9.17, 15) is 14.3 Å². The van der Waals surface area contributed by atoms with Gasteiger partial charge in [0.15, 0.2) is 0 Å². The van der Waals surface area contributed by atoms with E-state index >= 15 is 0 Å². The maximum atomic E-state index is 12.3. The third kappa shape index (κ3) is 3.20. The molecule has 8 heteroatoms. The van der Waals surface area contributed by atoms with E-state index < -0.39 is 15.7 Å². The van der Waals surface area contributed by atoms with Gasteiger partial charge in [0, 0.05) is 22.3 Å². The zero-order chi connectivity index (χ0) is 14.7. The number of pyridine rings is 1. The smallest absolute Gasteiger partial charge is 0.274 e. The van der Waals surface area contributed by atoms with Gasteiger partial charge in [-0.25, -0.2) is 0 Å². The molecule has 2 N–H and O–H groups in total. The first kappa shape index (κ1) is 14.6. The van der Waals surface area contributed by atoms with Crippen LogP contribution in [0.25, 0.3) is 0 Å². The molecule has 1 atom stereocenters. The Kier molecular flexibility index (Phi) is 4.46. The molecule has 1 heterocycles. The van der Waals surface area contributed by atoms with Crippen LogP contribution in [0.2, 0.25) is 0 Å². The Labute approximate surface area is 125 Å². The van der Waals surface area contributed by atoms with Crippen LogP contribution >= 0.6 is 15.9 Å². The number of aromatic nitrogens is 1. The number of hydrogen-bond donors (Lipinski definition) is 1. The lowest BCUT2D eigenvalue weighted by Gasteiger charge is -2.06. The van der Waals surface area contributed by atoms with Gasteiger partial charge >= 0.3 is 0 Å². The summed E-state index contributed by atoms with van der Waals surface area (Å²) in [6, 6.07) is 6.20. The Hall–Kier alpha value is -1.80. The van der Waals surface area contributed by atoms with Crippen LogP contribution in [0.3, 0.4) is 0 Å². The zero-order valence-electron chi connectivity index (χ0n) is 10.2. The Morgan fingerprint density at radius 1 is 1.40 bits per heavy atom. The van der Waals surface area contributed by atoms with Crippen LogP contribution in [-0.2, 0) is 16.6 Å². The first-order valence-electron chi connectivity index (χ1n) is 5.49. The number of anilines is 1. The standard InChI is InChI=1S/C12H10BrN3O3S/c13-9-2-1-8(11(5-9)16(17)18)7-20(19)12-3-4-15-6-10(12)14/h1-6H,7,14H2. The number of nitrogen functional groups attached to an aromatic ring is 1. The molecule has 1 aromatic carbocycles. The molecule has 0 aliphatic heterocycles. The summed E-state index contributed by atoms with van der Waals surface area (Å²) in [7, 11) is -1.46. The Morgan fingerprint density at radius 2 is 2.15 bits per heavy atom. The van der Waals surface area contributed by atoms with Crippen molar-refractivity contribution >= 4 is 38.1 Å². The molecule has 1 aromatic heterocycles. The van der Waals surface area contributed by atoms with Crippen LogP contribution in [0.1, 0.15) is 5.56 Å². The highest BCUT2D eigenvalue weighted by atomic mass is 79.9. The van der Waals surface area contributed by atoms with Crippen molar-refractivity contribution in [1.29, 1.82) is 0 Å². The summed E-state index contributed by atoms with van der Waals surface area (Å²) in [5.41, 5.74) is 6.34. The molecule has 0 fully saturated rings. The second-order valence-electron chi connectivity index (χ2n) is 3.93. The fraction of sp³-hybridized carbons (Fsp3) is 0.0833. The molecule has 0 saturated carbocycles. The SMILES string of the molecule is Nc1cnccc1S(=O)Cc1ccc(Br)cc1[N+](=O)[O-]. The maximum absolute atomic E-state index is 12.3. The van der Waals surface area contributed by atoms with E-state index in [-0.39, 0.29) is 11.4 Å². The second kappa shape index (κ2) is 6.10. The van der Waals surface area contributed by atoms with Crippen LogP contribution in [0.15, 0.2) is 46.0 Å². The minimum Gasteiger partial charge on any atom is -0.396 e. The van der Waals surface area contributed by atoms with E-state index in [1.165, 1.54) is 18.5 Å². The third-order valence-electron chi connectivity index (χ3n) is 2.59. The van der Waals surface area contributed by atoms with Crippen LogP contribution in [0.5, 0.6) is 0 Å². The molecule has 0 radical (unpaired) electrons. The third-order valence-corrected chi connectivity index (χ3v) is 4.51. The number of halogens is 1. The predicted octanol–water partition coefficient (Wildman–Crippen LogP) is 2.64. The molecule has 1 unspecified atom stereocenters. The van der Waals surface area contributed by atoms with Crippen molar-refractivity contribution in [3.8, 4) is 0 Å².